The van der Waals surface area contributed by atoms with Gasteiger partial charge in [0.25, 0.3) is 0 Å². The number of pyridine rings is 1. The predicted octanol–water partition coefficient (Wildman–Crippen LogP) is 2.27. The van der Waals surface area contributed by atoms with Crippen molar-refractivity contribution in [2.45, 2.75) is 0 Å². The lowest BCUT2D eigenvalue weighted by Crippen LogP contribution is -2.55. The minimum absolute atomic E-state index is 0.113. The van der Waals surface area contributed by atoms with Crippen LogP contribution in [0.2, 0.25) is 0 Å². The molecule has 1 aromatic carbocycles. The summed E-state index contributed by atoms with van der Waals surface area (Å²) >= 11 is 0. The van der Waals surface area contributed by atoms with E-state index < -0.39 is 0 Å². The number of morpholine rings is 1. The first-order valence-corrected chi connectivity index (χ1v) is 10.3. The number of ether oxygens (including phenoxy) is 1. The number of nitrogens with zero attached hydrogens (tertiary/aromatic N) is 6. The lowest BCUT2D eigenvalue weighted by molar-refractivity contribution is 0.0428. The van der Waals surface area contributed by atoms with Gasteiger partial charge in [-0.3, -0.25) is 4.98 Å². The number of urea groups is 1. The van der Waals surface area contributed by atoms with Gasteiger partial charge in [0.15, 0.2) is 5.82 Å². The van der Waals surface area contributed by atoms with E-state index in [4.69, 9.17) is 14.7 Å². The third-order valence-corrected chi connectivity index (χ3v) is 5.63. The summed E-state index contributed by atoms with van der Waals surface area (Å²) in [5, 5.41) is 1.03. The van der Waals surface area contributed by atoms with Crippen molar-refractivity contribution in [3.8, 4) is 11.4 Å². The smallest absolute Gasteiger partial charge is 0.320 e. The Bertz CT molecular complexity index is 1030. The molecule has 0 N–H and O–H groups in total. The SMILES string of the molecule is O=C(N1CCOCC1)N1CCN(c2nc(-c3cccnc3)nc3ccccc23)CC1. The van der Waals surface area contributed by atoms with E-state index in [0.717, 1.165) is 35.4 Å². The minimum atomic E-state index is 0.113. The zero-order valence-electron chi connectivity index (χ0n) is 16.8. The Labute approximate surface area is 175 Å². The number of hydrogen-bond acceptors (Lipinski definition) is 6. The highest BCUT2D eigenvalue weighted by Gasteiger charge is 2.27. The number of amides is 2. The van der Waals surface area contributed by atoms with Crippen LogP contribution in [0, 0.1) is 0 Å². The van der Waals surface area contributed by atoms with E-state index in [1.165, 1.54) is 0 Å². The fraction of sp³-hybridized carbons (Fsp3) is 0.364. The van der Waals surface area contributed by atoms with Gasteiger partial charge in [-0.2, -0.15) is 0 Å². The van der Waals surface area contributed by atoms with Crippen molar-refractivity contribution in [3.63, 3.8) is 0 Å². The molecule has 0 atom stereocenters. The number of aromatic nitrogens is 3. The van der Waals surface area contributed by atoms with Crippen molar-refractivity contribution >= 4 is 22.8 Å². The lowest BCUT2D eigenvalue weighted by Gasteiger charge is -2.39. The summed E-state index contributed by atoms with van der Waals surface area (Å²) in [6.07, 6.45) is 3.53. The van der Waals surface area contributed by atoms with Gasteiger partial charge in [0, 0.05) is 62.6 Å². The second kappa shape index (κ2) is 8.23. The van der Waals surface area contributed by atoms with E-state index >= 15 is 0 Å². The third-order valence-electron chi connectivity index (χ3n) is 5.63. The molecule has 5 rings (SSSR count). The molecule has 8 heteroatoms. The molecule has 4 heterocycles. The Balaban J connectivity index is 1.39. The van der Waals surface area contributed by atoms with Crippen molar-refractivity contribution in [2.24, 2.45) is 0 Å². The van der Waals surface area contributed by atoms with Crippen molar-refractivity contribution in [3.05, 3.63) is 48.8 Å². The summed E-state index contributed by atoms with van der Waals surface area (Å²) in [6.45, 7) is 5.42. The highest BCUT2D eigenvalue weighted by atomic mass is 16.5. The predicted molar refractivity (Wildman–Crippen MR) is 114 cm³/mol. The molecule has 0 radical (unpaired) electrons. The van der Waals surface area contributed by atoms with Crippen LogP contribution < -0.4 is 4.90 Å². The summed E-state index contributed by atoms with van der Waals surface area (Å²) in [5.41, 5.74) is 1.80. The summed E-state index contributed by atoms with van der Waals surface area (Å²) in [4.78, 5) is 32.7. The summed E-state index contributed by atoms with van der Waals surface area (Å²) in [7, 11) is 0. The van der Waals surface area contributed by atoms with Gasteiger partial charge in [0.05, 0.1) is 18.7 Å². The molecule has 0 spiro atoms. The summed E-state index contributed by atoms with van der Waals surface area (Å²) in [5.74, 6) is 1.58. The Hall–Kier alpha value is -3.26. The monoisotopic (exact) mass is 404 g/mol. The minimum Gasteiger partial charge on any atom is -0.378 e. The number of rotatable bonds is 2. The maximum absolute atomic E-state index is 12.8. The fourth-order valence-corrected chi connectivity index (χ4v) is 3.99. The topological polar surface area (TPSA) is 74.7 Å². The Morgan fingerprint density at radius 2 is 1.63 bits per heavy atom. The van der Waals surface area contributed by atoms with Crippen LogP contribution in [0.15, 0.2) is 48.8 Å². The number of carbonyl (C=O) groups excluding carboxylic acids is 1. The van der Waals surface area contributed by atoms with Crippen LogP contribution in [0.25, 0.3) is 22.3 Å². The molecular weight excluding hydrogens is 380 g/mol. The van der Waals surface area contributed by atoms with Gasteiger partial charge in [-0.05, 0) is 24.3 Å². The molecule has 8 nitrogen and oxygen atoms in total. The number of hydrogen-bond donors (Lipinski definition) is 0. The molecule has 154 valence electrons. The maximum atomic E-state index is 12.8. The number of fused-ring (bicyclic) bond motifs is 1. The number of anilines is 1. The van der Waals surface area contributed by atoms with Crippen LogP contribution in [0.4, 0.5) is 10.6 Å². The van der Waals surface area contributed by atoms with Crippen LogP contribution >= 0.6 is 0 Å². The standard InChI is InChI=1S/C22H24N6O2/c29-22(28-12-14-30-15-13-28)27-10-8-26(9-11-27)21-18-5-1-2-6-19(18)24-20(25-21)17-4-3-7-23-16-17/h1-7,16H,8-15H2. The molecule has 0 bridgehead atoms. The molecule has 2 aliphatic rings. The average molecular weight is 404 g/mol. The molecule has 2 amide bonds. The van der Waals surface area contributed by atoms with Crippen LogP contribution in [0.5, 0.6) is 0 Å². The summed E-state index contributed by atoms with van der Waals surface area (Å²) < 4.78 is 5.36. The van der Waals surface area contributed by atoms with Crippen LogP contribution in [-0.2, 0) is 4.74 Å². The number of piperazine rings is 1. The molecule has 2 aromatic heterocycles. The van der Waals surface area contributed by atoms with Crippen molar-refractivity contribution in [1.29, 1.82) is 0 Å². The fourth-order valence-electron chi connectivity index (χ4n) is 3.99. The highest BCUT2D eigenvalue weighted by Crippen LogP contribution is 2.28. The number of carbonyl (C=O) groups is 1. The molecule has 2 aliphatic heterocycles. The Kier molecular flexibility index (Phi) is 5.15. The highest BCUT2D eigenvalue weighted by molar-refractivity contribution is 5.91. The van der Waals surface area contributed by atoms with Gasteiger partial charge >= 0.3 is 6.03 Å². The second-order valence-electron chi connectivity index (χ2n) is 7.49. The van der Waals surface area contributed by atoms with E-state index in [9.17, 15) is 4.79 Å². The first-order chi connectivity index (χ1) is 14.8. The number of benzene rings is 1. The van der Waals surface area contributed by atoms with Gasteiger partial charge in [0.1, 0.15) is 5.82 Å². The van der Waals surface area contributed by atoms with Gasteiger partial charge in [-0.1, -0.05) is 12.1 Å². The third kappa shape index (κ3) is 3.66. The van der Waals surface area contributed by atoms with Crippen molar-refractivity contribution in [2.75, 3.05) is 57.4 Å². The largest absolute Gasteiger partial charge is 0.378 e. The van der Waals surface area contributed by atoms with Crippen molar-refractivity contribution < 1.29 is 9.53 Å². The van der Waals surface area contributed by atoms with Crippen molar-refractivity contribution in [1.82, 2.24) is 24.8 Å². The van der Waals surface area contributed by atoms with Gasteiger partial charge in [-0.25, -0.2) is 14.8 Å². The zero-order chi connectivity index (χ0) is 20.3. The quantitative estimate of drug-likeness (QED) is 0.652. The number of para-hydroxylation sites is 1. The van der Waals surface area contributed by atoms with Crippen LogP contribution in [0.1, 0.15) is 0 Å². The molecule has 0 unspecified atom stereocenters. The van der Waals surface area contributed by atoms with Gasteiger partial charge in [-0.15, -0.1) is 0 Å². The first kappa shape index (κ1) is 18.7. The van der Waals surface area contributed by atoms with E-state index in [-0.39, 0.29) is 6.03 Å². The molecule has 0 aliphatic carbocycles. The van der Waals surface area contributed by atoms with Crippen LogP contribution in [0.3, 0.4) is 0 Å². The van der Waals surface area contributed by atoms with Gasteiger partial charge < -0.3 is 19.4 Å². The lowest BCUT2D eigenvalue weighted by atomic mass is 10.2. The molecule has 2 saturated heterocycles. The Morgan fingerprint density at radius 1 is 0.867 bits per heavy atom. The first-order valence-electron chi connectivity index (χ1n) is 10.3. The molecule has 30 heavy (non-hydrogen) atoms. The average Bonchev–Trinajstić information content (AvgIpc) is 2.84. The normalized spacial score (nSPS) is 17.4. The summed E-state index contributed by atoms with van der Waals surface area (Å²) in [6, 6.07) is 12.1. The van der Waals surface area contributed by atoms with Gasteiger partial charge in [0.2, 0.25) is 0 Å². The molecule has 2 fully saturated rings. The van der Waals surface area contributed by atoms with E-state index in [0.29, 0.717) is 45.2 Å². The maximum Gasteiger partial charge on any atom is 0.320 e. The Morgan fingerprint density at radius 3 is 2.40 bits per heavy atom. The van der Waals surface area contributed by atoms with E-state index in [2.05, 4.69) is 16.0 Å². The van der Waals surface area contributed by atoms with Crippen LogP contribution in [-0.4, -0.2) is 83.3 Å². The molecular formula is C22H24N6O2. The molecule has 0 saturated carbocycles. The molecule has 3 aromatic rings. The zero-order valence-corrected chi connectivity index (χ0v) is 16.8. The van der Waals surface area contributed by atoms with E-state index in [1.807, 2.05) is 40.1 Å². The second-order valence-corrected chi connectivity index (χ2v) is 7.49. The van der Waals surface area contributed by atoms with E-state index in [1.54, 1.807) is 12.4 Å².